The molecule has 0 bridgehead atoms. The van der Waals surface area contributed by atoms with E-state index in [1.54, 1.807) is 11.6 Å². The highest BCUT2D eigenvalue weighted by atomic mass is 16.5. The number of aryl methyl sites for hydroxylation is 1. The number of para-hydroxylation sites is 1. The van der Waals surface area contributed by atoms with Gasteiger partial charge in [0.1, 0.15) is 12.2 Å². The summed E-state index contributed by atoms with van der Waals surface area (Å²) in [5, 5.41) is 4.40. The second kappa shape index (κ2) is 6.34. The quantitative estimate of drug-likeness (QED) is 0.759. The van der Waals surface area contributed by atoms with Crippen LogP contribution in [0, 0.1) is 6.92 Å². The molecule has 1 aromatic heterocycles. The Kier molecular flexibility index (Phi) is 4.53. The number of rotatable bonds is 6. The Morgan fingerprint density at radius 2 is 2.00 bits per heavy atom. The predicted molar refractivity (Wildman–Crippen MR) is 75.7 cm³/mol. The Morgan fingerprint density at radius 3 is 2.60 bits per heavy atom. The van der Waals surface area contributed by atoms with Crippen LogP contribution < -0.4 is 4.74 Å². The zero-order valence-corrected chi connectivity index (χ0v) is 11.9. The Hall–Kier alpha value is -2.14. The lowest BCUT2D eigenvalue weighted by atomic mass is 10.1. The molecule has 0 saturated heterocycles. The first-order valence-electron chi connectivity index (χ1n) is 6.49. The molecule has 2 rings (SSSR count). The van der Waals surface area contributed by atoms with Gasteiger partial charge in [-0.1, -0.05) is 18.2 Å². The maximum Gasteiger partial charge on any atom is 0.227 e. The smallest absolute Gasteiger partial charge is 0.227 e. The lowest BCUT2D eigenvalue weighted by Crippen LogP contribution is -2.11. The van der Waals surface area contributed by atoms with Crippen molar-refractivity contribution in [3.63, 3.8) is 0 Å². The second-order valence-corrected chi connectivity index (χ2v) is 4.28. The van der Waals surface area contributed by atoms with Crippen molar-refractivity contribution in [2.75, 3.05) is 20.3 Å². The lowest BCUT2D eigenvalue weighted by Gasteiger charge is -2.07. The summed E-state index contributed by atoms with van der Waals surface area (Å²) in [4.78, 5) is 12.2. The standard InChI is InChI=1S/C15H18N2O3/c1-4-20-10-13(18)14-11(2)16-17(15(14)19-3)12-8-6-5-7-9-12/h5-9H,4,10H2,1-3H3. The van der Waals surface area contributed by atoms with Gasteiger partial charge in [-0.15, -0.1) is 0 Å². The normalized spacial score (nSPS) is 10.6. The summed E-state index contributed by atoms with van der Waals surface area (Å²) in [7, 11) is 1.54. The number of aromatic nitrogens is 2. The second-order valence-electron chi connectivity index (χ2n) is 4.28. The number of ketones is 1. The summed E-state index contributed by atoms with van der Waals surface area (Å²) in [6.07, 6.45) is 0. The SMILES string of the molecule is CCOCC(=O)c1c(C)nn(-c2ccccc2)c1OC. The highest BCUT2D eigenvalue weighted by Gasteiger charge is 2.23. The first-order valence-corrected chi connectivity index (χ1v) is 6.49. The van der Waals surface area contributed by atoms with Gasteiger partial charge in [-0.25, -0.2) is 4.68 Å². The number of hydrogen-bond donors (Lipinski definition) is 0. The molecule has 0 atom stereocenters. The van der Waals surface area contributed by atoms with E-state index < -0.39 is 0 Å². The fourth-order valence-electron chi connectivity index (χ4n) is 2.03. The zero-order chi connectivity index (χ0) is 14.5. The molecule has 5 heteroatoms. The molecular weight excluding hydrogens is 256 g/mol. The molecule has 0 aliphatic carbocycles. The van der Waals surface area contributed by atoms with E-state index in [1.165, 1.54) is 7.11 Å². The number of hydrogen-bond acceptors (Lipinski definition) is 4. The predicted octanol–water partition coefficient (Wildman–Crippen LogP) is 2.41. The molecule has 0 amide bonds. The molecule has 5 nitrogen and oxygen atoms in total. The molecule has 0 radical (unpaired) electrons. The van der Waals surface area contributed by atoms with Crippen LogP contribution in [0.25, 0.3) is 5.69 Å². The van der Waals surface area contributed by atoms with Gasteiger partial charge in [0.2, 0.25) is 5.88 Å². The van der Waals surface area contributed by atoms with Crippen molar-refractivity contribution in [3.8, 4) is 11.6 Å². The van der Waals surface area contributed by atoms with E-state index in [9.17, 15) is 4.79 Å². The van der Waals surface area contributed by atoms with E-state index in [0.717, 1.165) is 5.69 Å². The van der Waals surface area contributed by atoms with E-state index in [0.29, 0.717) is 23.7 Å². The monoisotopic (exact) mass is 274 g/mol. The molecule has 0 aliphatic rings. The van der Waals surface area contributed by atoms with Crippen LogP contribution >= 0.6 is 0 Å². The molecule has 0 saturated carbocycles. The van der Waals surface area contributed by atoms with Gasteiger partial charge in [0, 0.05) is 6.61 Å². The average molecular weight is 274 g/mol. The minimum absolute atomic E-state index is 0.0359. The number of ether oxygens (including phenoxy) is 2. The maximum absolute atomic E-state index is 12.2. The third-order valence-electron chi connectivity index (χ3n) is 2.93. The maximum atomic E-state index is 12.2. The summed E-state index contributed by atoms with van der Waals surface area (Å²) >= 11 is 0. The van der Waals surface area contributed by atoms with Gasteiger partial charge < -0.3 is 9.47 Å². The van der Waals surface area contributed by atoms with Crippen LogP contribution in [-0.4, -0.2) is 35.9 Å². The molecule has 1 heterocycles. The third-order valence-corrected chi connectivity index (χ3v) is 2.93. The summed E-state index contributed by atoms with van der Waals surface area (Å²) < 4.78 is 12.2. The molecule has 0 N–H and O–H groups in total. The van der Waals surface area contributed by atoms with E-state index in [1.807, 2.05) is 37.3 Å². The van der Waals surface area contributed by atoms with Gasteiger partial charge in [-0.3, -0.25) is 4.79 Å². The molecule has 0 aliphatic heterocycles. The van der Waals surface area contributed by atoms with Gasteiger partial charge in [-0.05, 0) is 26.0 Å². The molecular formula is C15H18N2O3. The third kappa shape index (κ3) is 2.72. The fraction of sp³-hybridized carbons (Fsp3) is 0.333. The number of nitrogens with zero attached hydrogens (tertiary/aromatic N) is 2. The van der Waals surface area contributed by atoms with Crippen LogP contribution in [0.1, 0.15) is 23.0 Å². The van der Waals surface area contributed by atoms with Crippen molar-refractivity contribution in [3.05, 3.63) is 41.6 Å². The van der Waals surface area contributed by atoms with Crippen molar-refractivity contribution in [2.24, 2.45) is 0 Å². The van der Waals surface area contributed by atoms with Crippen LogP contribution in [0.2, 0.25) is 0 Å². The minimum Gasteiger partial charge on any atom is -0.480 e. The lowest BCUT2D eigenvalue weighted by molar-refractivity contribution is 0.0779. The fourth-order valence-corrected chi connectivity index (χ4v) is 2.03. The Balaban J connectivity index is 2.44. The average Bonchev–Trinajstić information content (AvgIpc) is 2.82. The first-order chi connectivity index (χ1) is 9.69. The van der Waals surface area contributed by atoms with Gasteiger partial charge in [0.25, 0.3) is 0 Å². The van der Waals surface area contributed by atoms with Crippen molar-refractivity contribution in [1.29, 1.82) is 0 Å². The number of benzene rings is 1. The summed E-state index contributed by atoms with van der Waals surface area (Å²) in [6.45, 7) is 4.18. The molecule has 0 unspecified atom stereocenters. The molecule has 2 aromatic rings. The van der Waals surface area contributed by atoms with Gasteiger partial charge in [0.15, 0.2) is 5.78 Å². The first kappa shape index (κ1) is 14.3. The summed E-state index contributed by atoms with van der Waals surface area (Å²) in [5.41, 5.74) is 1.96. The van der Waals surface area contributed by atoms with E-state index in [-0.39, 0.29) is 12.4 Å². The van der Waals surface area contributed by atoms with Crippen molar-refractivity contribution in [1.82, 2.24) is 9.78 Å². The van der Waals surface area contributed by atoms with Gasteiger partial charge in [-0.2, -0.15) is 5.10 Å². The Labute approximate surface area is 118 Å². The summed E-state index contributed by atoms with van der Waals surface area (Å²) in [6, 6.07) is 9.56. The molecule has 0 fully saturated rings. The highest BCUT2D eigenvalue weighted by Crippen LogP contribution is 2.26. The molecule has 0 spiro atoms. The number of carbonyl (C=O) groups excluding carboxylic acids is 1. The number of Topliss-reactive ketones (excluding diaryl/α,β-unsaturated/α-hetero) is 1. The number of carbonyl (C=O) groups is 1. The van der Waals surface area contributed by atoms with Crippen molar-refractivity contribution < 1.29 is 14.3 Å². The Bertz CT molecular complexity index is 591. The number of methoxy groups -OCH3 is 1. The van der Waals surface area contributed by atoms with Crippen LogP contribution in [-0.2, 0) is 4.74 Å². The van der Waals surface area contributed by atoms with E-state index in [4.69, 9.17) is 9.47 Å². The van der Waals surface area contributed by atoms with Crippen LogP contribution in [0.3, 0.4) is 0 Å². The highest BCUT2D eigenvalue weighted by molar-refractivity contribution is 6.00. The molecule has 1 aromatic carbocycles. The molecule has 20 heavy (non-hydrogen) atoms. The van der Waals surface area contributed by atoms with E-state index >= 15 is 0 Å². The molecule has 106 valence electrons. The van der Waals surface area contributed by atoms with E-state index in [2.05, 4.69) is 5.10 Å². The van der Waals surface area contributed by atoms with Crippen molar-refractivity contribution in [2.45, 2.75) is 13.8 Å². The van der Waals surface area contributed by atoms with Crippen LogP contribution in [0.5, 0.6) is 5.88 Å². The zero-order valence-electron chi connectivity index (χ0n) is 11.9. The minimum atomic E-state index is -0.122. The topological polar surface area (TPSA) is 53.3 Å². The van der Waals surface area contributed by atoms with Gasteiger partial charge in [0.05, 0.1) is 18.5 Å². The van der Waals surface area contributed by atoms with Crippen LogP contribution in [0.4, 0.5) is 0 Å². The Morgan fingerprint density at radius 1 is 1.30 bits per heavy atom. The largest absolute Gasteiger partial charge is 0.480 e. The van der Waals surface area contributed by atoms with Gasteiger partial charge >= 0.3 is 0 Å². The van der Waals surface area contributed by atoms with Crippen LogP contribution in [0.15, 0.2) is 30.3 Å². The van der Waals surface area contributed by atoms with Crippen molar-refractivity contribution >= 4 is 5.78 Å². The summed E-state index contributed by atoms with van der Waals surface area (Å²) in [5.74, 6) is 0.321.